The molecule has 0 saturated carbocycles. The summed E-state index contributed by atoms with van der Waals surface area (Å²) in [5.41, 5.74) is 0.981. The molecule has 0 aromatic rings. The molecule has 0 atom stereocenters. The Balaban J connectivity index is 2.71. The first-order chi connectivity index (χ1) is 4.14. The van der Waals surface area contributed by atoms with Crippen molar-refractivity contribution in [3.05, 3.63) is 11.6 Å². The van der Waals surface area contributed by atoms with E-state index in [0.29, 0.717) is 5.33 Å². The molecule has 0 fully saturated rings. The molecule has 9 heavy (non-hydrogen) atoms. The zero-order valence-corrected chi connectivity index (χ0v) is 7.20. The predicted octanol–water partition coefficient (Wildman–Crippen LogP) is 0.736. The lowest BCUT2D eigenvalue weighted by Crippen LogP contribution is -2.02. The molecule has 0 N–H and O–H groups in total. The highest BCUT2D eigenvalue weighted by Crippen LogP contribution is 2.12. The largest absolute Gasteiger partial charge is 0.228 e. The van der Waals surface area contributed by atoms with Crippen LogP contribution >= 0.6 is 15.9 Å². The minimum atomic E-state index is -2.73. The highest BCUT2D eigenvalue weighted by Gasteiger charge is 2.17. The van der Waals surface area contributed by atoms with Crippen molar-refractivity contribution in [2.75, 3.05) is 16.8 Å². The summed E-state index contributed by atoms with van der Waals surface area (Å²) < 4.78 is 21.5. The summed E-state index contributed by atoms with van der Waals surface area (Å²) >= 11 is 3.20. The lowest BCUT2D eigenvalue weighted by molar-refractivity contribution is 0.603. The second-order valence-corrected chi connectivity index (χ2v) is 4.72. The number of halogens is 1. The molecule has 1 rings (SSSR count). The molecule has 0 saturated heterocycles. The molecule has 0 spiro atoms. The standard InChI is InChI=1S/C5H7BrO2S/c6-3-5-1-2-9(7,8)4-5/h1H,2-4H2. The second kappa shape index (κ2) is 2.42. The summed E-state index contributed by atoms with van der Waals surface area (Å²) in [6.07, 6.45) is 1.77. The lowest BCUT2D eigenvalue weighted by atomic mass is 10.3. The quantitative estimate of drug-likeness (QED) is 0.473. The summed E-state index contributed by atoms with van der Waals surface area (Å²) in [6, 6.07) is 0. The Morgan fingerprint density at radius 3 is 2.56 bits per heavy atom. The molecule has 0 aromatic carbocycles. The van der Waals surface area contributed by atoms with E-state index in [2.05, 4.69) is 15.9 Å². The van der Waals surface area contributed by atoms with E-state index >= 15 is 0 Å². The first kappa shape index (κ1) is 7.28. The predicted molar refractivity (Wildman–Crippen MR) is 40.5 cm³/mol. The molecule has 1 heterocycles. The average molecular weight is 211 g/mol. The van der Waals surface area contributed by atoms with Gasteiger partial charge in [0.1, 0.15) is 0 Å². The van der Waals surface area contributed by atoms with Crippen molar-refractivity contribution in [2.24, 2.45) is 0 Å². The highest BCUT2D eigenvalue weighted by molar-refractivity contribution is 9.09. The molecule has 2 nitrogen and oxygen atoms in total. The average Bonchev–Trinajstić information content (AvgIpc) is 2.10. The van der Waals surface area contributed by atoms with E-state index in [1.165, 1.54) is 0 Å². The normalized spacial score (nSPS) is 23.9. The van der Waals surface area contributed by atoms with Crippen LogP contribution in [-0.2, 0) is 9.84 Å². The van der Waals surface area contributed by atoms with Crippen LogP contribution in [0.25, 0.3) is 0 Å². The van der Waals surface area contributed by atoms with Crippen LogP contribution in [0, 0.1) is 0 Å². The Bertz CT molecular complexity index is 227. The van der Waals surface area contributed by atoms with Crippen molar-refractivity contribution in [2.45, 2.75) is 0 Å². The van der Waals surface area contributed by atoms with Crippen molar-refractivity contribution in [3.8, 4) is 0 Å². The molecule has 1 aliphatic rings. The molecule has 0 aliphatic carbocycles. The van der Waals surface area contributed by atoms with Crippen LogP contribution in [0.5, 0.6) is 0 Å². The Kier molecular flexibility index (Phi) is 1.96. The van der Waals surface area contributed by atoms with Crippen LogP contribution in [0.1, 0.15) is 0 Å². The van der Waals surface area contributed by atoms with Crippen molar-refractivity contribution < 1.29 is 8.42 Å². The van der Waals surface area contributed by atoms with E-state index in [4.69, 9.17) is 0 Å². The van der Waals surface area contributed by atoms with Gasteiger partial charge in [0.2, 0.25) is 0 Å². The zero-order chi connectivity index (χ0) is 6.91. The van der Waals surface area contributed by atoms with Gasteiger partial charge in [-0.3, -0.25) is 0 Å². The number of hydrogen-bond donors (Lipinski definition) is 0. The summed E-state index contributed by atoms with van der Waals surface area (Å²) in [5.74, 6) is 0.478. The van der Waals surface area contributed by atoms with Crippen LogP contribution < -0.4 is 0 Å². The van der Waals surface area contributed by atoms with E-state index in [0.717, 1.165) is 5.57 Å². The number of rotatable bonds is 1. The van der Waals surface area contributed by atoms with Gasteiger partial charge in [0.05, 0.1) is 11.5 Å². The van der Waals surface area contributed by atoms with Crippen molar-refractivity contribution in [1.82, 2.24) is 0 Å². The summed E-state index contributed by atoms with van der Waals surface area (Å²) in [4.78, 5) is 0. The first-order valence-corrected chi connectivity index (χ1v) is 5.52. The SMILES string of the molecule is O=S1(=O)CC=C(CBr)C1. The molecular weight excluding hydrogens is 204 g/mol. The second-order valence-electron chi connectivity index (χ2n) is 2.05. The van der Waals surface area contributed by atoms with Crippen LogP contribution in [0.4, 0.5) is 0 Å². The van der Waals surface area contributed by atoms with Gasteiger partial charge in [-0.15, -0.1) is 0 Å². The van der Waals surface area contributed by atoms with Crippen LogP contribution in [0.15, 0.2) is 11.6 Å². The van der Waals surface area contributed by atoms with Crippen LogP contribution in [0.3, 0.4) is 0 Å². The molecule has 4 heteroatoms. The van der Waals surface area contributed by atoms with Crippen molar-refractivity contribution in [3.63, 3.8) is 0 Å². The van der Waals surface area contributed by atoms with Crippen LogP contribution in [0.2, 0.25) is 0 Å². The van der Waals surface area contributed by atoms with E-state index in [1.807, 2.05) is 0 Å². The van der Waals surface area contributed by atoms with Gasteiger partial charge in [-0.2, -0.15) is 0 Å². The molecule has 0 unspecified atom stereocenters. The molecular formula is C5H7BrO2S. The smallest absolute Gasteiger partial charge is 0.157 e. The molecule has 0 bridgehead atoms. The topological polar surface area (TPSA) is 34.1 Å². The monoisotopic (exact) mass is 210 g/mol. The molecule has 52 valence electrons. The Morgan fingerprint density at radius 2 is 2.33 bits per heavy atom. The van der Waals surface area contributed by atoms with Gasteiger partial charge >= 0.3 is 0 Å². The Labute approximate surface area is 63.0 Å². The Morgan fingerprint density at radius 1 is 1.67 bits per heavy atom. The van der Waals surface area contributed by atoms with E-state index in [9.17, 15) is 8.42 Å². The minimum absolute atomic E-state index is 0.230. The van der Waals surface area contributed by atoms with Gasteiger partial charge in [0, 0.05) is 5.33 Å². The van der Waals surface area contributed by atoms with Crippen molar-refractivity contribution in [1.29, 1.82) is 0 Å². The van der Waals surface area contributed by atoms with E-state index < -0.39 is 9.84 Å². The van der Waals surface area contributed by atoms with Gasteiger partial charge in [-0.25, -0.2) is 8.42 Å². The van der Waals surface area contributed by atoms with Gasteiger partial charge in [-0.1, -0.05) is 22.0 Å². The third-order valence-corrected chi connectivity index (χ3v) is 3.41. The fraction of sp³-hybridized carbons (Fsp3) is 0.600. The third-order valence-electron chi connectivity index (χ3n) is 1.20. The molecule has 0 radical (unpaired) electrons. The minimum Gasteiger partial charge on any atom is -0.228 e. The van der Waals surface area contributed by atoms with Gasteiger partial charge in [0.15, 0.2) is 9.84 Å². The summed E-state index contributed by atoms with van der Waals surface area (Å²) in [6.45, 7) is 0. The fourth-order valence-corrected chi connectivity index (χ4v) is 2.82. The van der Waals surface area contributed by atoms with Crippen LogP contribution in [-0.4, -0.2) is 25.3 Å². The van der Waals surface area contributed by atoms with Gasteiger partial charge in [0.25, 0.3) is 0 Å². The van der Waals surface area contributed by atoms with E-state index in [-0.39, 0.29) is 11.5 Å². The van der Waals surface area contributed by atoms with Crippen molar-refractivity contribution >= 4 is 25.8 Å². The summed E-state index contributed by atoms with van der Waals surface area (Å²) in [7, 11) is -2.73. The Hall–Kier alpha value is 0.170. The maximum absolute atomic E-state index is 10.7. The number of hydrogen-bond acceptors (Lipinski definition) is 2. The third kappa shape index (κ3) is 1.79. The number of sulfone groups is 1. The maximum Gasteiger partial charge on any atom is 0.157 e. The maximum atomic E-state index is 10.7. The molecule has 1 aliphatic heterocycles. The zero-order valence-electron chi connectivity index (χ0n) is 4.80. The van der Waals surface area contributed by atoms with Gasteiger partial charge < -0.3 is 0 Å². The lowest BCUT2D eigenvalue weighted by Gasteiger charge is -1.89. The molecule has 0 aromatic heterocycles. The molecule has 0 amide bonds. The van der Waals surface area contributed by atoms with E-state index in [1.54, 1.807) is 6.08 Å². The summed E-state index contributed by atoms with van der Waals surface area (Å²) in [5, 5.41) is 0.687. The fourth-order valence-electron chi connectivity index (χ4n) is 0.738. The highest BCUT2D eigenvalue weighted by atomic mass is 79.9. The number of alkyl halides is 1. The first-order valence-electron chi connectivity index (χ1n) is 2.58. The van der Waals surface area contributed by atoms with Gasteiger partial charge in [-0.05, 0) is 5.57 Å².